The largest absolute Gasteiger partial charge is 0.508 e. The fraction of sp³-hybridized carbons (Fsp3) is 0. The van der Waals surface area contributed by atoms with Crippen molar-refractivity contribution >= 4 is 27.5 Å². The van der Waals surface area contributed by atoms with Gasteiger partial charge in [-0.15, -0.1) is 0 Å². The van der Waals surface area contributed by atoms with Gasteiger partial charge in [-0.2, -0.15) is 0 Å². The summed E-state index contributed by atoms with van der Waals surface area (Å²) in [5.41, 5.74) is 1.47. The van der Waals surface area contributed by atoms with E-state index in [1.807, 2.05) is 0 Å². The molecule has 0 atom stereocenters. The second kappa shape index (κ2) is 3.66. The first kappa shape index (κ1) is 10.5. The highest BCUT2D eigenvalue weighted by Gasteiger charge is 2.07. The number of nitro groups is 1. The lowest BCUT2D eigenvalue weighted by Crippen LogP contribution is -1.88. The van der Waals surface area contributed by atoms with E-state index < -0.39 is 4.92 Å². The van der Waals surface area contributed by atoms with Crippen LogP contribution in [0, 0.1) is 10.1 Å². The molecule has 1 aromatic heterocycles. The van der Waals surface area contributed by atoms with E-state index in [0.29, 0.717) is 10.9 Å². The zero-order valence-corrected chi connectivity index (χ0v) is 9.20. The molecular formula is C13H8N2O3. The predicted molar refractivity (Wildman–Crippen MR) is 67.6 cm³/mol. The Bertz CT molecular complexity index is 784. The Morgan fingerprint density at radius 2 is 1.67 bits per heavy atom. The highest BCUT2D eigenvalue weighted by atomic mass is 16.6. The van der Waals surface area contributed by atoms with Crippen molar-refractivity contribution in [3.63, 3.8) is 0 Å². The van der Waals surface area contributed by atoms with Crippen molar-refractivity contribution in [2.45, 2.75) is 0 Å². The molecule has 0 radical (unpaired) electrons. The van der Waals surface area contributed by atoms with Gasteiger partial charge in [0.1, 0.15) is 5.75 Å². The molecule has 0 unspecified atom stereocenters. The Morgan fingerprint density at radius 1 is 1.00 bits per heavy atom. The third-order valence-corrected chi connectivity index (χ3v) is 2.78. The van der Waals surface area contributed by atoms with Gasteiger partial charge in [0.05, 0.1) is 16.0 Å². The van der Waals surface area contributed by atoms with Gasteiger partial charge in [0.25, 0.3) is 5.69 Å². The Kier molecular flexibility index (Phi) is 2.13. The lowest BCUT2D eigenvalue weighted by Gasteiger charge is -2.02. The smallest absolute Gasteiger partial charge is 0.270 e. The zero-order valence-electron chi connectivity index (χ0n) is 9.20. The molecule has 3 rings (SSSR count). The monoisotopic (exact) mass is 240 g/mol. The highest BCUT2D eigenvalue weighted by Crippen LogP contribution is 2.25. The van der Waals surface area contributed by atoms with Gasteiger partial charge in [-0.05, 0) is 30.3 Å². The molecular weight excluding hydrogens is 232 g/mol. The Balaban J connectivity index is 2.35. The summed E-state index contributed by atoms with van der Waals surface area (Å²) in [6.45, 7) is 0. The van der Waals surface area contributed by atoms with E-state index in [1.54, 1.807) is 30.3 Å². The van der Waals surface area contributed by atoms with Crippen molar-refractivity contribution in [1.29, 1.82) is 0 Å². The molecule has 5 nitrogen and oxygen atoms in total. The van der Waals surface area contributed by atoms with Crippen LogP contribution in [0.15, 0.2) is 42.5 Å². The van der Waals surface area contributed by atoms with Crippen LogP contribution in [-0.4, -0.2) is 15.0 Å². The first-order chi connectivity index (χ1) is 8.63. The van der Waals surface area contributed by atoms with Gasteiger partial charge in [-0.1, -0.05) is 0 Å². The molecule has 5 heteroatoms. The maximum absolute atomic E-state index is 10.7. The molecule has 3 aromatic rings. The normalized spacial score (nSPS) is 10.9. The second-order valence-electron chi connectivity index (χ2n) is 4.00. The van der Waals surface area contributed by atoms with E-state index in [0.717, 1.165) is 10.9 Å². The third kappa shape index (κ3) is 1.62. The quantitative estimate of drug-likeness (QED) is 0.403. The van der Waals surface area contributed by atoms with Crippen LogP contribution in [0.4, 0.5) is 5.69 Å². The molecule has 0 bridgehead atoms. The number of nitrogens with zero attached hydrogens (tertiary/aromatic N) is 2. The summed E-state index contributed by atoms with van der Waals surface area (Å²) >= 11 is 0. The first-order valence-corrected chi connectivity index (χ1v) is 5.31. The van der Waals surface area contributed by atoms with Crippen molar-refractivity contribution in [3.05, 3.63) is 52.6 Å². The number of aromatic hydroxyl groups is 1. The molecule has 1 N–H and O–H groups in total. The molecule has 0 aliphatic carbocycles. The topological polar surface area (TPSA) is 76.3 Å². The number of hydrogen-bond acceptors (Lipinski definition) is 4. The number of hydrogen-bond donors (Lipinski definition) is 1. The van der Waals surface area contributed by atoms with E-state index in [1.165, 1.54) is 12.1 Å². The van der Waals surface area contributed by atoms with Crippen molar-refractivity contribution in [3.8, 4) is 5.75 Å². The van der Waals surface area contributed by atoms with Crippen molar-refractivity contribution in [1.82, 2.24) is 4.98 Å². The lowest BCUT2D eigenvalue weighted by atomic mass is 10.1. The molecule has 0 spiro atoms. The summed E-state index contributed by atoms with van der Waals surface area (Å²) in [4.78, 5) is 14.7. The average molecular weight is 240 g/mol. The summed E-state index contributed by atoms with van der Waals surface area (Å²) in [5, 5.41) is 21.6. The van der Waals surface area contributed by atoms with Crippen LogP contribution in [0.5, 0.6) is 5.75 Å². The number of nitro benzene ring substituents is 1. The summed E-state index contributed by atoms with van der Waals surface area (Å²) in [7, 11) is 0. The number of non-ortho nitro benzene ring substituents is 1. The number of phenols is 1. The van der Waals surface area contributed by atoms with Gasteiger partial charge in [0.15, 0.2) is 0 Å². The highest BCUT2D eigenvalue weighted by molar-refractivity contribution is 5.94. The maximum Gasteiger partial charge on any atom is 0.270 e. The standard InChI is InChI=1S/C13H8N2O3/c16-11-2-4-13-9(7-11)5-8-6-10(15(17)18)1-3-12(8)14-13/h1-7,16H. The minimum absolute atomic E-state index is 0.0313. The van der Waals surface area contributed by atoms with E-state index in [2.05, 4.69) is 4.98 Å². The average Bonchev–Trinajstić information content (AvgIpc) is 2.35. The lowest BCUT2D eigenvalue weighted by molar-refractivity contribution is -0.384. The Labute approximate surface area is 101 Å². The van der Waals surface area contributed by atoms with Crippen molar-refractivity contribution in [2.75, 3.05) is 0 Å². The number of rotatable bonds is 1. The Hall–Kier alpha value is -2.69. The van der Waals surface area contributed by atoms with E-state index >= 15 is 0 Å². The van der Waals surface area contributed by atoms with Crippen LogP contribution in [-0.2, 0) is 0 Å². The van der Waals surface area contributed by atoms with Gasteiger partial charge < -0.3 is 5.11 Å². The zero-order chi connectivity index (χ0) is 12.7. The van der Waals surface area contributed by atoms with E-state index in [-0.39, 0.29) is 11.4 Å². The van der Waals surface area contributed by atoms with Gasteiger partial charge in [-0.25, -0.2) is 4.98 Å². The van der Waals surface area contributed by atoms with Gasteiger partial charge in [0.2, 0.25) is 0 Å². The molecule has 2 aromatic carbocycles. The minimum Gasteiger partial charge on any atom is -0.508 e. The van der Waals surface area contributed by atoms with Crippen LogP contribution in [0.3, 0.4) is 0 Å². The fourth-order valence-electron chi connectivity index (χ4n) is 1.93. The van der Waals surface area contributed by atoms with Crippen LogP contribution < -0.4 is 0 Å². The summed E-state index contributed by atoms with van der Waals surface area (Å²) < 4.78 is 0. The fourth-order valence-corrected chi connectivity index (χ4v) is 1.93. The van der Waals surface area contributed by atoms with E-state index in [9.17, 15) is 15.2 Å². The summed E-state index contributed by atoms with van der Waals surface area (Å²) in [6, 6.07) is 11.2. The second-order valence-corrected chi connectivity index (χ2v) is 4.00. The number of pyridine rings is 1. The SMILES string of the molecule is O=[N+]([O-])c1ccc2nc3ccc(O)cc3cc2c1. The van der Waals surface area contributed by atoms with Crippen molar-refractivity contribution in [2.24, 2.45) is 0 Å². The molecule has 0 saturated heterocycles. The number of benzene rings is 2. The van der Waals surface area contributed by atoms with E-state index in [4.69, 9.17) is 0 Å². The van der Waals surface area contributed by atoms with Crippen LogP contribution in [0.1, 0.15) is 0 Å². The Morgan fingerprint density at radius 3 is 2.39 bits per heavy atom. The number of fused-ring (bicyclic) bond motifs is 2. The van der Waals surface area contributed by atoms with Crippen molar-refractivity contribution < 1.29 is 10.0 Å². The summed E-state index contributed by atoms with van der Waals surface area (Å²) in [6.07, 6.45) is 0. The third-order valence-electron chi connectivity index (χ3n) is 2.78. The molecule has 18 heavy (non-hydrogen) atoms. The number of phenolic OH excluding ortho intramolecular Hbond substituents is 1. The molecule has 0 aliphatic heterocycles. The summed E-state index contributed by atoms with van der Waals surface area (Å²) in [5.74, 6) is 0.147. The number of aromatic nitrogens is 1. The molecule has 88 valence electrons. The predicted octanol–water partition coefficient (Wildman–Crippen LogP) is 3.00. The molecule has 0 amide bonds. The minimum atomic E-state index is -0.438. The van der Waals surface area contributed by atoms with Crippen LogP contribution in [0.2, 0.25) is 0 Å². The molecule has 1 heterocycles. The van der Waals surface area contributed by atoms with Gasteiger partial charge >= 0.3 is 0 Å². The van der Waals surface area contributed by atoms with Crippen LogP contribution >= 0.6 is 0 Å². The molecule has 0 aliphatic rings. The molecule has 0 fully saturated rings. The van der Waals surface area contributed by atoms with Gasteiger partial charge in [0, 0.05) is 22.9 Å². The van der Waals surface area contributed by atoms with Gasteiger partial charge in [-0.3, -0.25) is 10.1 Å². The molecule has 0 saturated carbocycles. The first-order valence-electron chi connectivity index (χ1n) is 5.31. The maximum atomic E-state index is 10.7. The van der Waals surface area contributed by atoms with Crippen LogP contribution in [0.25, 0.3) is 21.8 Å².